The lowest BCUT2D eigenvalue weighted by Gasteiger charge is -2.07. The maximum atomic E-state index is 11.5. The molecular weight excluding hydrogens is 176 g/mol. The fraction of sp³-hybridized carbons (Fsp3) is 0.182. The van der Waals surface area contributed by atoms with Crippen LogP contribution in [0.15, 0.2) is 24.3 Å². The quantitative estimate of drug-likeness (QED) is 0.697. The number of benzene rings is 1. The van der Waals surface area contributed by atoms with E-state index in [0.717, 1.165) is 5.69 Å². The minimum atomic E-state index is -0.159. The van der Waals surface area contributed by atoms with Gasteiger partial charge in [0.15, 0.2) is 0 Å². The Morgan fingerprint density at radius 3 is 2.86 bits per heavy atom. The van der Waals surface area contributed by atoms with Crippen molar-refractivity contribution in [2.24, 2.45) is 0 Å². The number of amides is 1. The van der Waals surface area contributed by atoms with E-state index >= 15 is 0 Å². The number of hydrogen-bond acceptors (Lipinski definition) is 2. The van der Waals surface area contributed by atoms with Crippen LogP contribution in [0.2, 0.25) is 0 Å². The summed E-state index contributed by atoms with van der Waals surface area (Å²) in [6, 6.07) is 7.26. The second-order valence-corrected chi connectivity index (χ2v) is 2.68. The molecule has 3 nitrogen and oxygen atoms in total. The van der Waals surface area contributed by atoms with E-state index in [1.54, 1.807) is 13.1 Å². The molecule has 0 unspecified atom stereocenters. The molecular formula is C11H12N2O. The van der Waals surface area contributed by atoms with Gasteiger partial charge in [0.05, 0.1) is 12.1 Å². The highest BCUT2D eigenvalue weighted by atomic mass is 16.1. The summed E-state index contributed by atoms with van der Waals surface area (Å²) >= 11 is 0. The summed E-state index contributed by atoms with van der Waals surface area (Å²) in [5, 5.41) is 5.55. The predicted molar refractivity (Wildman–Crippen MR) is 57.2 cm³/mol. The summed E-state index contributed by atoms with van der Waals surface area (Å²) in [7, 11) is 1.77. The third-order valence-electron chi connectivity index (χ3n) is 1.79. The minimum Gasteiger partial charge on any atom is -0.387 e. The molecule has 0 fully saturated rings. The van der Waals surface area contributed by atoms with Crippen molar-refractivity contribution < 1.29 is 4.79 Å². The van der Waals surface area contributed by atoms with Crippen LogP contribution >= 0.6 is 0 Å². The molecule has 0 aliphatic rings. The van der Waals surface area contributed by atoms with E-state index in [9.17, 15) is 4.79 Å². The molecule has 0 saturated carbocycles. The summed E-state index contributed by atoms with van der Waals surface area (Å²) in [5.41, 5.74) is 1.40. The molecule has 0 radical (unpaired) electrons. The van der Waals surface area contributed by atoms with Crippen LogP contribution in [0.25, 0.3) is 0 Å². The maximum absolute atomic E-state index is 11.5. The lowest BCUT2D eigenvalue weighted by atomic mass is 10.1. The third kappa shape index (κ3) is 2.27. The zero-order valence-electron chi connectivity index (χ0n) is 8.00. The molecule has 0 heterocycles. The molecule has 0 bridgehead atoms. The van der Waals surface area contributed by atoms with Crippen LogP contribution in [0.3, 0.4) is 0 Å². The Bertz CT molecular complexity index is 366. The van der Waals surface area contributed by atoms with Gasteiger partial charge in [-0.25, -0.2) is 0 Å². The van der Waals surface area contributed by atoms with Gasteiger partial charge >= 0.3 is 0 Å². The van der Waals surface area contributed by atoms with Gasteiger partial charge in [-0.1, -0.05) is 18.1 Å². The van der Waals surface area contributed by atoms with Crippen molar-refractivity contribution in [3.05, 3.63) is 29.8 Å². The predicted octanol–water partition coefficient (Wildman–Crippen LogP) is 1.09. The molecule has 0 aromatic heterocycles. The molecule has 72 valence electrons. The molecule has 1 aromatic rings. The van der Waals surface area contributed by atoms with Gasteiger partial charge in [0.25, 0.3) is 5.91 Å². The zero-order chi connectivity index (χ0) is 10.4. The zero-order valence-corrected chi connectivity index (χ0v) is 8.00. The summed E-state index contributed by atoms with van der Waals surface area (Å²) in [6.07, 6.45) is 5.05. The van der Waals surface area contributed by atoms with Gasteiger partial charge in [0.1, 0.15) is 0 Å². The van der Waals surface area contributed by atoms with Gasteiger partial charge in [-0.15, -0.1) is 6.42 Å². The molecule has 0 saturated heterocycles. The molecule has 3 heteroatoms. The second-order valence-electron chi connectivity index (χ2n) is 2.68. The van der Waals surface area contributed by atoms with Gasteiger partial charge in [-0.2, -0.15) is 0 Å². The van der Waals surface area contributed by atoms with E-state index in [2.05, 4.69) is 16.6 Å². The highest BCUT2D eigenvalue weighted by Crippen LogP contribution is 2.13. The fourth-order valence-corrected chi connectivity index (χ4v) is 1.13. The Labute approximate surface area is 83.5 Å². The first kappa shape index (κ1) is 10.1. The van der Waals surface area contributed by atoms with Crippen LogP contribution in [-0.2, 0) is 0 Å². The van der Waals surface area contributed by atoms with Crippen LogP contribution in [0.5, 0.6) is 0 Å². The highest BCUT2D eigenvalue weighted by Gasteiger charge is 2.07. The van der Waals surface area contributed by atoms with Crippen LogP contribution < -0.4 is 10.6 Å². The second kappa shape index (κ2) is 4.93. The van der Waals surface area contributed by atoms with Gasteiger partial charge < -0.3 is 10.6 Å². The lowest BCUT2D eigenvalue weighted by Crippen LogP contribution is -2.24. The first-order valence-corrected chi connectivity index (χ1v) is 4.28. The van der Waals surface area contributed by atoms with Crippen molar-refractivity contribution in [3.63, 3.8) is 0 Å². The van der Waals surface area contributed by atoms with Crippen molar-refractivity contribution in [2.45, 2.75) is 0 Å². The molecule has 1 amide bonds. The van der Waals surface area contributed by atoms with E-state index in [0.29, 0.717) is 5.56 Å². The van der Waals surface area contributed by atoms with Gasteiger partial charge in [-0.05, 0) is 12.1 Å². The molecule has 0 aliphatic heterocycles. The number of carbonyl (C=O) groups is 1. The van der Waals surface area contributed by atoms with Crippen LogP contribution in [0.1, 0.15) is 10.4 Å². The average molecular weight is 188 g/mol. The Hall–Kier alpha value is -1.95. The molecule has 0 aliphatic carbocycles. The van der Waals surface area contributed by atoms with E-state index in [4.69, 9.17) is 6.42 Å². The summed E-state index contributed by atoms with van der Waals surface area (Å²) < 4.78 is 0. The van der Waals surface area contributed by atoms with Crippen molar-refractivity contribution in [1.82, 2.24) is 5.32 Å². The Kier molecular flexibility index (Phi) is 3.57. The molecule has 14 heavy (non-hydrogen) atoms. The molecule has 1 aromatic carbocycles. The largest absolute Gasteiger partial charge is 0.387 e. The summed E-state index contributed by atoms with van der Waals surface area (Å²) in [6.45, 7) is 0.247. The fourth-order valence-electron chi connectivity index (χ4n) is 1.13. The van der Waals surface area contributed by atoms with Crippen LogP contribution in [0, 0.1) is 12.3 Å². The number of nitrogens with one attached hydrogen (secondary N) is 2. The monoisotopic (exact) mass is 188 g/mol. The van der Waals surface area contributed by atoms with Crippen LogP contribution in [0.4, 0.5) is 5.69 Å². The van der Waals surface area contributed by atoms with Gasteiger partial charge in [0.2, 0.25) is 0 Å². The van der Waals surface area contributed by atoms with E-state index in [1.165, 1.54) is 0 Å². The van der Waals surface area contributed by atoms with E-state index in [1.807, 2.05) is 18.2 Å². The number of para-hydroxylation sites is 1. The molecule has 2 N–H and O–H groups in total. The van der Waals surface area contributed by atoms with Crippen LogP contribution in [-0.4, -0.2) is 19.5 Å². The Morgan fingerprint density at radius 1 is 1.50 bits per heavy atom. The van der Waals surface area contributed by atoms with Crippen molar-refractivity contribution in [1.29, 1.82) is 0 Å². The third-order valence-corrected chi connectivity index (χ3v) is 1.79. The van der Waals surface area contributed by atoms with E-state index < -0.39 is 0 Å². The minimum absolute atomic E-state index is 0.159. The van der Waals surface area contributed by atoms with E-state index in [-0.39, 0.29) is 12.5 Å². The van der Waals surface area contributed by atoms with Gasteiger partial charge in [0, 0.05) is 12.7 Å². The maximum Gasteiger partial charge on any atom is 0.254 e. The topological polar surface area (TPSA) is 41.1 Å². The Balaban J connectivity index is 2.84. The molecule has 0 atom stereocenters. The van der Waals surface area contributed by atoms with Crippen molar-refractivity contribution >= 4 is 11.6 Å². The number of hydrogen-bond donors (Lipinski definition) is 2. The standard InChI is InChI=1S/C11H12N2O/c1-3-8-13-11(14)9-6-4-5-7-10(9)12-2/h1,4-7,12H,8H2,2H3,(H,13,14). The first-order chi connectivity index (χ1) is 6.79. The number of rotatable bonds is 3. The molecule has 1 rings (SSSR count). The Morgan fingerprint density at radius 2 is 2.21 bits per heavy atom. The van der Waals surface area contributed by atoms with Crippen molar-refractivity contribution in [3.8, 4) is 12.3 Å². The SMILES string of the molecule is C#CCNC(=O)c1ccccc1NC. The summed E-state index contributed by atoms with van der Waals surface area (Å²) in [5.74, 6) is 2.19. The average Bonchev–Trinajstić information content (AvgIpc) is 2.25. The van der Waals surface area contributed by atoms with Gasteiger partial charge in [-0.3, -0.25) is 4.79 Å². The highest BCUT2D eigenvalue weighted by molar-refractivity contribution is 5.99. The lowest BCUT2D eigenvalue weighted by molar-refractivity contribution is 0.0959. The smallest absolute Gasteiger partial charge is 0.254 e. The number of carbonyl (C=O) groups excluding carboxylic acids is 1. The van der Waals surface area contributed by atoms with Crippen molar-refractivity contribution in [2.75, 3.05) is 18.9 Å². The summed E-state index contributed by atoms with van der Waals surface area (Å²) in [4.78, 5) is 11.5. The first-order valence-electron chi connectivity index (χ1n) is 4.28. The number of terminal acetylenes is 1. The normalized spacial score (nSPS) is 8.86. The number of anilines is 1. The molecule has 0 spiro atoms.